The largest absolute Gasteiger partial charge is 0.340 e. The van der Waals surface area contributed by atoms with Gasteiger partial charge in [0.2, 0.25) is 15.9 Å². The molecule has 0 N–H and O–H groups in total. The molecular formula is C23H29FN2O3S. The number of amides is 1. The number of rotatable bonds is 6. The molecule has 0 spiro atoms. The molecule has 30 heavy (non-hydrogen) atoms. The molecule has 3 rings (SSSR count). The highest BCUT2D eigenvalue weighted by Gasteiger charge is 2.31. The van der Waals surface area contributed by atoms with Crippen LogP contribution in [0.4, 0.5) is 4.39 Å². The van der Waals surface area contributed by atoms with Gasteiger partial charge in [-0.15, -0.1) is 0 Å². The second kappa shape index (κ2) is 9.27. The molecule has 1 amide bonds. The summed E-state index contributed by atoms with van der Waals surface area (Å²) in [7, 11) is -3.57. The number of hydrogen-bond acceptors (Lipinski definition) is 3. The second-order valence-corrected chi connectivity index (χ2v) is 10.1. The number of carbonyl (C=O) groups excluding carboxylic acids is 1. The monoisotopic (exact) mass is 432 g/mol. The molecule has 2 aromatic carbocycles. The van der Waals surface area contributed by atoms with Gasteiger partial charge in [-0.1, -0.05) is 45.0 Å². The maximum atomic E-state index is 13.4. The van der Waals surface area contributed by atoms with Gasteiger partial charge in [-0.3, -0.25) is 4.79 Å². The predicted molar refractivity (Wildman–Crippen MR) is 115 cm³/mol. The Morgan fingerprint density at radius 1 is 1.00 bits per heavy atom. The van der Waals surface area contributed by atoms with Gasteiger partial charge in [-0.05, 0) is 47.7 Å². The van der Waals surface area contributed by atoms with E-state index in [4.69, 9.17) is 0 Å². The minimum absolute atomic E-state index is 0.0300. The van der Waals surface area contributed by atoms with E-state index < -0.39 is 10.0 Å². The molecule has 2 aromatic rings. The van der Waals surface area contributed by atoms with Crippen LogP contribution in [0.1, 0.15) is 37.8 Å². The van der Waals surface area contributed by atoms with Gasteiger partial charge in [-0.2, -0.15) is 4.31 Å². The Morgan fingerprint density at radius 3 is 2.20 bits per heavy atom. The fourth-order valence-electron chi connectivity index (χ4n) is 3.74. The third-order valence-electron chi connectivity index (χ3n) is 5.59. The van der Waals surface area contributed by atoms with Crippen molar-refractivity contribution >= 4 is 15.9 Å². The maximum absolute atomic E-state index is 13.4. The van der Waals surface area contributed by atoms with Gasteiger partial charge in [0, 0.05) is 32.1 Å². The highest BCUT2D eigenvalue weighted by atomic mass is 32.2. The molecule has 1 fully saturated rings. The first-order chi connectivity index (χ1) is 14.2. The van der Waals surface area contributed by atoms with Crippen molar-refractivity contribution in [3.05, 3.63) is 65.5 Å². The minimum Gasteiger partial charge on any atom is -0.340 e. The zero-order valence-electron chi connectivity index (χ0n) is 17.7. The van der Waals surface area contributed by atoms with Crippen molar-refractivity contribution in [3.63, 3.8) is 0 Å². The molecule has 5 nitrogen and oxygen atoms in total. The first kappa shape index (κ1) is 22.4. The summed E-state index contributed by atoms with van der Waals surface area (Å²) in [6, 6.07) is 13.3. The summed E-state index contributed by atoms with van der Waals surface area (Å²) in [6.45, 7) is 7.21. The number of sulfonamides is 1. The highest BCUT2D eigenvalue weighted by molar-refractivity contribution is 7.89. The van der Waals surface area contributed by atoms with Gasteiger partial charge in [-0.25, -0.2) is 12.8 Å². The molecule has 1 saturated heterocycles. The lowest BCUT2D eigenvalue weighted by atomic mass is 9.99. The summed E-state index contributed by atoms with van der Waals surface area (Å²) in [5, 5.41) is 0. The van der Waals surface area contributed by atoms with E-state index >= 15 is 0 Å². The van der Waals surface area contributed by atoms with Gasteiger partial charge in [0.1, 0.15) is 5.82 Å². The van der Waals surface area contributed by atoms with Crippen molar-refractivity contribution in [1.82, 2.24) is 9.21 Å². The number of hydrogen-bond donors (Lipinski definition) is 0. The van der Waals surface area contributed by atoms with E-state index in [1.807, 2.05) is 25.1 Å². The quantitative estimate of drug-likeness (QED) is 0.700. The molecule has 0 bridgehead atoms. The SMILES string of the molecule is CC(Cc1cccc(F)c1)C(=O)N1CCN(S(=O)(=O)c2ccc(C(C)C)cc2)CC1. The Morgan fingerprint density at radius 2 is 1.63 bits per heavy atom. The first-order valence-electron chi connectivity index (χ1n) is 10.3. The summed E-state index contributed by atoms with van der Waals surface area (Å²) < 4.78 is 40.7. The maximum Gasteiger partial charge on any atom is 0.243 e. The van der Waals surface area contributed by atoms with Crippen molar-refractivity contribution in [2.45, 2.75) is 38.0 Å². The number of carbonyl (C=O) groups is 1. The Kier molecular flexibility index (Phi) is 6.93. The van der Waals surface area contributed by atoms with Crippen LogP contribution in [-0.2, 0) is 21.2 Å². The number of halogens is 1. The molecule has 7 heteroatoms. The Labute approximate surface area is 178 Å². The van der Waals surface area contributed by atoms with Crippen molar-refractivity contribution in [2.24, 2.45) is 5.92 Å². The van der Waals surface area contributed by atoms with Gasteiger partial charge in [0.25, 0.3) is 0 Å². The van der Waals surface area contributed by atoms with Crippen LogP contribution in [0.5, 0.6) is 0 Å². The van der Waals surface area contributed by atoms with Crippen LogP contribution >= 0.6 is 0 Å². The third kappa shape index (κ3) is 5.08. The Balaban J connectivity index is 1.60. The van der Waals surface area contributed by atoms with Gasteiger partial charge >= 0.3 is 0 Å². The van der Waals surface area contributed by atoms with Gasteiger partial charge in [0.15, 0.2) is 0 Å². The van der Waals surface area contributed by atoms with Crippen LogP contribution in [0.2, 0.25) is 0 Å². The highest BCUT2D eigenvalue weighted by Crippen LogP contribution is 2.22. The molecule has 1 unspecified atom stereocenters. The standard InChI is InChI=1S/C23H29FN2O3S/c1-17(2)20-7-9-22(10-8-20)30(28,29)26-13-11-25(12-14-26)23(27)18(3)15-19-5-4-6-21(24)16-19/h4-10,16-18H,11-15H2,1-3H3. The molecule has 0 saturated carbocycles. The van der Waals surface area contributed by atoms with E-state index in [-0.39, 0.29) is 35.6 Å². The van der Waals surface area contributed by atoms with Crippen LogP contribution in [0.25, 0.3) is 0 Å². The Hall–Kier alpha value is -2.25. The summed E-state index contributed by atoms with van der Waals surface area (Å²) in [4.78, 5) is 14.8. The average Bonchev–Trinajstić information content (AvgIpc) is 2.73. The zero-order valence-corrected chi connectivity index (χ0v) is 18.5. The van der Waals surface area contributed by atoms with Crippen LogP contribution in [-0.4, -0.2) is 49.7 Å². The lowest BCUT2D eigenvalue weighted by Gasteiger charge is -2.35. The molecule has 1 aliphatic rings. The summed E-state index contributed by atoms with van der Waals surface area (Å²) in [6.07, 6.45) is 0.456. The second-order valence-electron chi connectivity index (χ2n) is 8.19. The lowest BCUT2D eigenvalue weighted by molar-refractivity contribution is -0.136. The minimum atomic E-state index is -3.57. The van der Waals surface area contributed by atoms with Crippen molar-refractivity contribution < 1.29 is 17.6 Å². The number of piperazine rings is 1. The van der Waals surface area contributed by atoms with Crippen LogP contribution < -0.4 is 0 Å². The molecule has 162 valence electrons. The van der Waals surface area contributed by atoms with Crippen molar-refractivity contribution in [2.75, 3.05) is 26.2 Å². The molecule has 0 radical (unpaired) electrons. The van der Waals surface area contributed by atoms with E-state index in [2.05, 4.69) is 13.8 Å². The normalized spacial score (nSPS) is 16.6. The van der Waals surface area contributed by atoms with E-state index in [0.717, 1.165) is 11.1 Å². The first-order valence-corrected chi connectivity index (χ1v) is 11.8. The molecule has 0 aromatic heterocycles. The molecule has 1 heterocycles. The van der Waals surface area contributed by atoms with E-state index in [1.165, 1.54) is 16.4 Å². The Bertz CT molecular complexity index is 982. The van der Waals surface area contributed by atoms with E-state index in [0.29, 0.717) is 25.4 Å². The number of nitrogens with zero attached hydrogens (tertiary/aromatic N) is 2. The average molecular weight is 433 g/mol. The van der Waals surface area contributed by atoms with E-state index in [1.54, 1.807) is 23.1 Å². The van der Waals surface area contributed by atoms with E-state index in [9.17, 15) is 17.6 Å². The van der Waals surface area contributed by atoms with Gasteiger partial charge in [0.05, 0.1) is 4.90 Å². The van der Waals surface area contributed by atoms with Crippen LogP contribution in [0.15, 0.2) is 53.4 Å². The van der Waals surface area contributed by atoms with Crippen LogP contribution in [0, 0.1) is 11.7 Å². The molecule has 1 atom stereocenters. The topological polar surface area (TPSA) is 57.7 Å². The van der Waals surface area contributed by atoms with Crippen LogP contribution in [0.3, 0.4) is 0 Å². The smallest absolute Gasteiger partial charge is 0.243 e. The predicted octanol–water partition coefficient (Wildman–Crippen LogP) is 3.66. The van der Waals surface area contributed by atoms with Crippen molar-refractivity contribution in [3.8, 4) is 0 Å². The summed E-state index contributed by atoms with van der Waals surface area (Å²) in [5.41, 5.74) is 1.87. The third-order valence-corrected chi connectivity index (χ3v) is 7.50. The molecular weight excluding hydrogens is 403 g/mol. The lowest BCUT2D eigenvalue weighted by Crippen LogP contribution is -2.51. The fourth-order valence-corrected chi connectivity index (χ4v) is 5.16. The zero-order chi connectivity index (χ0) is 21.9. The summed E-state index contributed by atoms with van der Waals surface area (Å²) in [5.74, 6) is -0.297. The van der Waals surface area contributed by atoms with Gasteiger partial charge < -0.3 is 4.90 Å². The fraction of sp³-hybridized carbons (Fsp3) is 0.435. The van der Waals surface area contributed by atoms with Crippen molar-refractivity contribution in [1.29, 1.82) is 0 Å². The molecule has 0 aliphatic carbocycles. The molecule has 1 aliphatic heterocycles. The summed E-state index contributed by atoms with van der Waals surface area (Å²) >= 11 is 0. The number of benzene rings is 2.